The largest absolute Gasteiger partial charge is 0.478 e. The van der Waals surface area contributed by atoms with Crippen LogP contribution in [-0.2, 0) is 10.8 Å². The quantitative estimate of drug-likeness (QED) is 0.402. The van der Waals surface area contributed by atoms with Crippen molar-refractivity contribution in [3.63, 3.8) is 0 Å². The minimum atomic E-state index is -0.910. The molecule has 40 heavy (non-hydrogen) atoms. The van der Waals surface area contributed by atoms with Crippen molar-refractivity contribution in [1.29, 1.82) is 0 Å². The molecule has 1 aliphatic carbocycles. The lowest BCUT2D eigenvalue weighted by Crippen LogP contribution is -2.26. The molecule has 0 spiro atoms. The van der Waals surface area contributed by atoms with Gasteiger partial charge in [0.05, 0.1) is 16.5 Å². The van der Waals surface area contributed by atoms with Gasteiger partial charge in [0.25, 0.3) is 0 Å². The third-order valence-electron chi connectivity index (χ3n) is 9.07. The van der Waals surface area contributed by atoms with Crippen molar-refractivity contribution in [2.24, 2.45) is 0 Å². The summed E-state index contributed by atoms with van der Waals surface area (Å²) >= 11 is 0. The Hall–Kier alpha value is -4.19. The van der Waals surface area contributed by atoms with Crippen LogP contribution in [0.25, 0.3) is 0 Å². The molecule has 0 radical (unpaired) electrons. The number of likely N-dealkylation sites (N-methyl/N-ethyl adjacent to an activating group) is 1. The second kappa shape index (κ2) is 9.47. The van der Waals surface area contributed by atoms with Gasteiger partial charge in [0, 0.05) is 41.6 Å². The van der Waals surface area contributed by atoms with Crippen molar-refractivity contribution < 1.29 is 24.4 Å². The highest BCUT2D eigenvalue weighted by molar-refractivity contribution is 6.04. The van der Waals surface area contributed by atoms with E-state index in [1.54, 1.807) is 24.3 Å². The standard InChI is InChI=1S/C34H36N2O4/c1-20-21(12-16-29-33(2,3)25-18-23(31(37)38)10-14-27(25)35(29)6)8-9-22(20)13-17-30-34(4,5)26-19-24(32(39)40)11-15-28(26)36(30)7/h10-19H,8-9H2,1-7H3,(H-,37,38,39,40)/p+1. The summed E-state index contributed by atoms with van der Waals surface area (Å²) in [5.74, 6) is -1.82. The molecule has 0 bridgehead atoms. The van der Waals surface area contributed by atoms with E-state index < -0.39 is 11.9 Å². The molecule has 0 saturated carbocycles. The molecule has 0 atom stereocenters. The molecule has 0 amide bonds. The van der Waals surface area contributed by atoms with Crippen molar-refractivity contribution in [3.05, 3.63) is 105 Å². The lowest BCUT2D eigenvalue weighted by atomic mass is 9.80. The van der Waals surface area contributed by atoms with Gasteiger partial charge in [-0.2, -0.15) is 4.58 Å². The van der Waals surface area contributed by atoms with Gasteiger partial charge in [-0.3, -0.25) is 0 Å². The number of hydrogen-bond acceptors (Lipinski definition) is 3. The van der Waals surface area contributed by atoms with Crippen molar-refractivity contribution in [1.82, 2.24) is 0 Å². The highest BCUT2D eigenvalue weighted by atomic mass is 16.4. The van der Waals surface area contributed by atoms with E-state index in [0.717, 1.165) is 46.8 Å². The number of aromatic carboxylic acids is 2. The smallest absolute Gasteiger partial charge is 0.335 e. The van der Waals surface area contributed by atoms with E-state index in [0.29, 0.717) is 11.1 Å². The zero-order valence-corrected chi connectivity index (χ0v) is 24.3. The Morgan fingerprint density at radius 3 is 2.15 bits per heavy atom. The van der Waals surface area contributed by atoms with Crippen LogP contribution in [-0.4, -0.2) is 46.5 Å². The second-order valence-electron chi connectivity index (χ2n) is 12.1. The van der Waals surface area contributed by atoms with E-state index in [-0.39, 0.29) is 10.8 Å². The van der Waals surface area contributed by atoms with Gasteiger partial charge in [-0.25, -0.2) is 9.59 Å². The summed E-state index contributed by atoms with van der Waals surface area (Å²) in [6.07, 6.45) is 10.7. The molecule has 5 rings (SSSR count). The summed E-state index contributed by atoms with van der Waals surface area (Å²) in [4.78, 5) is 25.3. The fourth-order valence-electron chi connectivity index (χ4n) is 6.56. The fraction of sp³-hybridized carbons (Fsp3) is 0.324. The number of hydrogen-bond donors (Lipinski definition) is 2. The van der Waals surface area contributed by atoms with Gasteiger partial charge < -0.3 is 15.1 Å². The van der Waals surface area contributed by atoms with Crippen molar-refractivity contribution in [3.8, 4) is 0 Å². The van der Waals surface area contributed by atoms with Crippen LogP contribution in [0.4, 0.5) is 11.4 Å². The van der Waals surface area contributed by atoms with E-state index in [1.807, 2.05) is 26.2 Å². The first-order chi connectivity index (χ1) is 18.7. The highest BCUT2D eigenvalue weighted by Crippen LogP contribution is 2.47. The van der Waals surface area contributed by atoms with Crippen LogP contribution in [0, 0.1) is 0 Å². The SMILES string of the molecule is CC1=C(/C=C/C2=[N+](C)c3ccc(C(=O)O)cc3C2(C)C)CCC1=C/C=C1/N(C)c2ccc(C(=O)O)cc2C1(C)C. The average molecular weight is 538 g/mol. The molecule has 3 aliphatic rings. The summed E-state index contributed by atoms with van der Waals surface area (Å²) in [6.45, 7) is 10.8. The van der Waals surface area contributed by atoms with E-state index in [9.17, 15) is 19.8 Å². The molecule has 0 fully saturated rings. The van der Waals surface area contributed by atoms with Gasteiger partial charge in [-0.05, 0) is 92.3 Å². The summed E-state index contributed by atoms with van der Waals surface area (Å²) in [7, 11) is 4.08. The summed E-state index contributed by atoms with van der Waals surface area (Å²) in [5, 5.41) is 19.0. The predicted molar refractivity (Wildman–Crippen MR) is 159 cm³/mol. The molecule has 2 heterocycles. The minimum Gasteiger partial charge on any atom is -0.478 e. The van der Waals surface area contributed by atoms with Crippen LogP contribution in [0.2, 0.25) is 0 Å². The third-order valence-corrected chi connectivity index (χ3v) is 9.07. The molecule has 2 aliphatic heterocycles. The number of carboxylic acids is 2. The molecule has 0 unspecified atom stereocenters. The van der Waals surface area contributed by atoms with Crippen LogP contribution in [0.3, 0.4) is 0 Å². The molecule has 0 saturated heterocycles. The van der Waals surface area contributed by atoms with Gasteiger partial charge in [-0.15, -0.1) is 0 Å². The highest BCUT2D eigenvalue weighted by Gasteiger charge is 2.43. The van der Waals surface area contributed by atoms with Crippen molar-refractivity contribution in [2.45, 2.75) is 58.3 Å². The van der Waals surface area contributed by atoms with Crippen molar-refractivity contribution >= 4 is 29.0 Å². The first kappa shape index (κ1) is 27.4. The van der Waals surface area contributed by atoms with Crippen LogP contribution < -0.4 is 4.90 Å². The molecular weight excluding hydrogens is 500 g/mol. The summed E-state index contributed by atoms with van der Waals surface area (Å²) in [5.41, 5.74) is 10.3. The van der Waals surface area contributed by atoms with Gasteiger partial charge >= 0.3 is 11.9 Å². The van der Waals surface area contributed by atoms with Crippen molar-refractivity contribution in [2.75, 3.05) is 19.0 Å². The molecule has 206 valence electrons. The Morgan fingerprint density at radius 1 is 0.875 bits per heavy atom. The van der Waals surface area contributed by atoms with Gasteiger partial charge in [0.2, 0.25) is 5.69 Å². The third kappa shape index (κ3) is 4.23. The molecule has 0 aromatic heterocycles. The second-order valence-corrected chi connectivity index (χ2v) is 12.1. The first-order valence-electron chi connectivity index (χ1n) is 13.6. The Morgan fingerprint density at radius 2 is 1.50 bits per heavy atom. The Kier molecular flexibility index (Phi) is 6.48. The lowest BCUT2D eigenvalue weighted by molar-refractivity contribution is -0.401. The molecule has 6 heteroatoms. The maximum Gasteiger partial charge on any atom is 0.335 e. The Bertz CT molecular complexity index is 1630. The summed E-state index contributed by atoms with van der Waals surface area (Å²) in [6, 6.07) is 10.7. The molecule has 2 aromatic carbocycles. The normalized spacial score (nSPS) is 21.2. The van der Waals surface area contributed by atoms with Crippen LogP contribution in [0.15, 0.2) is 83.1 Å². The zero-order chi connectivity index (χ0) is 29.1. The molecular formula is C34H37N2O4+. The van der Waals surface area contributed by atoms with Crippen LogP contribution in [0.5, 0.6) is 0 Å². The number of rotatable bonds is 5. The Labute approximate surface area is 236 Å². The minimum absolute atomic E-state index is 0.309. The predicted octanol–water partition coefficient (Wildman–Crippen LogP) is 6.99. The number of carboxylic acid groups (broad SMARTS) is 2. The van der Waals surface area contributed by atoms with Gasteiger partial charge in [0.1, 0.15) is 7.05 Å². The number of nitrogens with zero attached hydrogens (tertiary/aromatic N) is 2. The van der Waals surface area contributed by atoms with E-state index >= 15 is 0 Å². The number of allylic oxidation sites excluding steroid dienone is 8. The maximum absolute atomic E-state index is 11.6. The average Bonchev–Trinajstić information content (AvgIpc) is 3.41. The fourth-order valence-corrected chi connectivity index (χ4v) is 6.56. The van der Waals surface area contributed by atoms with E-state index in [4.69, 9.17) is 0 Å². The zero-order valence-electron chi connectivity index (χ0n) is 24.3. The van der Waals surface area contributed by atoms with Gasteiger partial charge in [-0.1, -0.05) is 26.0 Å². The number of carbonyl (C=O) groups is 2. The monoisotopic (exact) mass is 537 g/mol. The number of benzene rings is 2. The molecule has 6 nitrogen and oxygen atoms in total. The summed E-state index contributed by atoms with van der Waals surface area (Å²) < 4.78 is 2.16. The first-order valence-corrected chi connectivity index (χ1v) is 13.6. The van der Waals surface area contributed by atoms with E-state index in [1.165, 1.54) is 16.7 Å². The maximum atomic E-state index is 11.6. The van der Waals surface area contributed by atoms with Crippen LogP contribution in [0.1, 0.15) is 79.3 Å². The molecule has 2 aromatic rings. The number of anilines is 1. The van der Waals surface area contributed by atoms with E-state index in [2.05, 4.69) is 68.4 Å². The number of fused-ring (bicyclic) bond motifs is 2. The van der Waals surface area contributed by atoms with Crippen LogP contribution >= 0.6 is 0 Å². The molecule has 2 N–H and O–H groups in total. The Balaban J connectivity index is 1.42. The van der Waals surface area contributed by atoms with Gasteiger partial charge in [0.15, 0.2) is 5.71 Å². The topological polar surface area (TPSA) is 80.9 Å². The lowest BCUT2D eigenvalue weighted by Gasteiger charge is -2.24.